The van der Waals surface area contributed by atoms with Gasteiger partial charge >= 0.3 is 0 Å². The highest BCUT2D eigenvalue weighted by Gasteiger charge is 2.17. The normalized spacial score (nSPS) is 14.4. The summed E-state index contributed by atoms with van der Waals surface area (Å²) in [7, 11) is 0. The van der Waals surface area contributed by atoms with Crippen LogP contribution in [0.2, 0.25) is 0 Å². The molecule has 0 aromatic heterocycles. The Morgan fingerprint density at radius 3 is 2.43 bits per heavy atom. The van der Waals surface area contributed by atoms with Gasteiger partial charge in [-0.2, -0.15) is 0 Å². The van der Waals surface area contributed by atoms with E-state index in [2.05, 4.69) is 33.0 Å². The lowest BCUT2D eigenvalue weighted by atomic mass is 10.1. The van der Waals surface area contributed by atoms with E-state index < -0.39 is 0 Å². The Kier molecular flexibility index (Phi) is 7.20. The van der Waals surface area contributed by atoms with E-state index in [-0.39, 0.29) is 5.60 Å². The summed E-state index contributed by atoms with van der Waals surface area (Å²) in [4.78, 5) is 0. The minimum absolute atomic E-state index is 0.0325. The van der Waals surface area contributed by atoms with Gasteiger partial charge in [0.2, 0.25) is 0 Å². The summed E-state index contributed by atoms with van der Waals surface area (Å²) in [6.07, 6.45) is 3.85. The van der Waals surface area contributed by atoms with Crippen LogP contribution in [-0.4, -0.2) is 24.8 Å². The van der Waals surface area contributed by atoms with Crippen molar-refractivity contribution in [1.29, 1.82) is 0 Å². The van der Waals surface area contributed by atoms with Gasteiger partial charge in [-0.1, -0.05) is 19.8 Å². The van der Waals surface area contributed by atoms with Crippen molar-refractivity contribution in [2.24, 2.45) is 0 Å². The Hall–Kier alpha value is -0.0800. The summed E-state index contributed by atoms with van der Waals surface area (Å²) < 4.78 is 5.62. The lowest BCUT2D eigenvalue weighted by Crippen LogP contribution is -2.41. The molecule has 1 unspecified atom stereocenters. The predicted octanol–water partition coefficient (Wildman–Crippen LogP) is 2.97. The molecule has 0 radical (unpaired) electrons. The first-order chi connectivity index (χ1) is 6.52. The Labute approximate surface area is 89.4 Å². The van der Waals surface area contributed by atoms with E-state index in [0.717, 1.165) is 13.2 Å². The van der Waals surface area contributed by atoms with Crippen molar-refractivity contribution in [3.05, 3.63) is 0 Å². The molecule has 0 spiro atoms. The largest absolute Gasteiger partial charge is 0.375 e. The number of ether oxygens (including phenoxy) is 1. The smallest absolute Gasteiger partial charge is 0.0750 e. The molecule has 0 aromatic carbocycles. The quantitative estimate of drug-likeness (QED) is 0.652. The summed E-state index contributed by atoms with van der Waals surface area (Å²) >= 11 is 0. The molecule has 86 valence electrons. The third-order valence-corrected chi connectivity index (χ3v) is 2.40. The molecule has 14 heavy (non-hydrogen) atoms. The Morgan fingerprint density at radius 1 is 1.29 bits per heavy atom. The summed E-state index contributed by atoms with van der Waals surface area (Å²) in [5.74, 6) is 0. The maximum atomic E-state index is 5.62. The van der Waals surface area contributed by atoms with Gasteiger partial charge in [0.15, 0.2) is 0 Å². The molecular weight excluding hydrogens is 174 g/mol. The highest BCUT2D eigenvalue weighted by molar-refractivity contribution is 4.74. The van der Waals surface area contributed by atoms with Gasteiger partial charge in [-0.15, -0.1) is 0 Å². The maximum Gasteiger partial charge on any atom is 0.0750 e. The second-order valence-corrected chi connectivity index (χ2v) is 4.62. The number of nitrogens with one attached hydrogen (secondary N) is 1. The third kappa shape index (κ3) is 7.34. The summed E-state index contributed by atoms with van der Waals surface area (Å²) in [5, 5.41) is 3.52. The van der Waals surface area contributed by atoms with Gasteiger partial charge in [0.25, 0.3) is 0 Å². The molecule has 0 heterocycles. The van der Waals surface area contributed by atoms with Crippen LogP contribution in [0, 0.1) is 0 Å². The summed E-state index contributed by atoms with van der Waals surface area (Å²) in [6, 6.07) is 0.606. The molecule has 0 bridgehead atoms. The Morgan fingerprint density at radius 2 is 1.93 bits per heavy atom. The van der Waals surface area contributed by atoms with Crippen molar-refractivity contribution in [2.45, 2.75) is 65.5 Å². The van der Waals surface area contributed by atoms with Crippen LogP contribution in [0.25, 0.3) is 0 Å². The van der Waals surface area contributed by atoms with Gasteiger partial charge in [-0.25, -0.2) is 0 Å². The summed E-state index contributed by atoms with van der Waals surface area (Å²) in [6.45, 7) is 12.5. The van der Waals surface area contributed by atoms with E-state index in [9.17, 15) is 0 Å². The van der Waals surface area contributed by atoms with E-state index in [1.807, 2.05) is 6.92 Å². The fourth-order valence-electron chi connectivity index (χ4n) is 1.47. The van der Waals surface area contributed by atoms with Gasteiger partial charge in [-0.05, 0) is 34.1 Å². The van der Waals surface area contributed by atoms with Crippen molar-refractivity contribution < 1.29 is 4.74 Å². The van der Waals surface area contributed by atoms with Crippen molar-refractivity contribution >= 4 is 0 Å². The minimum atomic E-state index is -0.0325. The molecule has 2 nitrogen and oxygen atoms in total. The lowest BCUT2D eigenvalue weighted by Gasteiger charge is -2.27. The van der Waals surface area contributed by atoms with Crippen LogP contribution in [0.15, 0.2) is 0 Å². The van der Waals surface area contributed by atoms with Gasteiger partial charge in [0, 0.05) is 19.2 Å². The Balaban J connectivity index is 3.58. The van der Waals surface area contributed by atoms with Crippen LogP contribution in [-0.2, 0) is 4.74 Å². The van der Waals surface area contributed by atoms with Crippen LogP contribution < -0.4 is 5.32 Å². The first-order valence-corrected chi connectivity index (χ1v) is 5.89. The number of unbranched alkanes of at least 4 members (excludes halogenated alkanes) is 1. The highest BCUT2D eigenvalue weighted by Crippen LogP contribution is 2.08. The molecule has 0 aliphatic heterocycles. The zero-order chi connectivity index (χ0) is 11.0. The molecule has 0 aromatic rings. The zero-order valence-electron chi connectivity index (χ0n) is 10.5. The molecule has 1 atom stereocenters. The number of hydrogen-bond acceptors (Lipinski definition) is 2. The van der Waals surface area contributed by atoms with E-state index >= 15 is 0 Å². The first-order valence-electron chi connectivity index (χ1n) is 5.89. The maximum absolute atomic E-state index is 5.62. The van der Waals surface area contributed by atoms with Gasteiger partial charge < -0.3 is 10.1 Å². The van der Waals surface area contributed by atoms with E-state index in [0.29, 0.717) is 6.04 Å². The second-order valence-electron chi connectivity index (χ2n) is 4.62. The predicted molar refractivity (Wildman–Crippen MR) is 62.7 cm³/mol. The van der Waals surface area contributed by atoms with Crippen LogP contribution in [0.4, 0.5) is 0 Å². The fraction of sp³-hybridized carbons (Fsp3) is 1.00. The zero-order valence-corrected chi connectivity index (χ0v) is 10.5. The van der Waals surface area contributed by atoms with Crippen LogP contribution >= 0.6 is 0 Å². The van der Waals surface area contributed by atoms with E-state index in [1.54, 1.807) is 0 Å². The van der Waals surface area contributed by atoms with Crippen molar-refractivity contribution in [1.82, 2.24) is 5.32 Å². The van der Waals surface area contributed by atoms with Crippen LogP contribution in [0.1, 0.15) is 53.9 Å². The topological polar surface area (TPSA) is 21.3 Å². The summed E-state index contributed by atoms with van der Waals surface area (Å²) in [5.41, 5.74) is -0.0325. The average molecular weight is 201 g/mol. The molecule has 1 N–H and O–H groups in total. The van der Waals surface area contributed by atoms with Crippen molar-refractivity contribution in [2.75, 3.05) is 13.2 Å². The molecule has 0 saturated heterocycles. The number of rotatable bonds is 8. The first kappa shape index (κ1) is 13.9. The van der Waals surface area contributed by atoms with Gasteiger partial charge in [0.05, 0.1) is 5.60 Å². The average Bonchev–Trinajstić information content (AvgIpc) is 2.11. The van der Waals surface area contributed by atoms with E-state index in [1.165, 1.54) is 19.3 Å². The highest BCUT2D eigenvalue weighted by atomic mass is 16.5. The van der Waals surface area contributed by atoms with Gasteiger partial charge in [0.1, 0.15) is 0 Å². The molecule has 0 amide bonds. The minimum Gasteiger partial charge on any atom is -0.375 e. The number of hydrogen-bond donors (Lipinski definition) is 1. The fourth-order valence-corrected chi connectivity index (χ4v) is 1.47. The van der Waals surface area contributed by atoms with E-state index in [4.69, 9.17) is 4.74 Å². The monoisotopic (exact) mass is 201 g/mol. The van der Waals surface area contributed by atoms with Crippen LogP contribution in [0.5, 0.6) is 0 Å². The van der Waals surface area contributed by atoms with Gasteiger partial charge in [-0.3, -0.25) is 0 Å². The Bertz CT molecular complexity index is 134. The second kappa shape index (κ2) is 7.24. The lowest BCUT2D eigenvalue weighted by molar-refractivity contribution is -0.0104. The molecular formula is C12H27NO. The molecule has 0 saturated carbocycles. The van der Waals surface area contributed by atoms with Crippen molar-refractivity contribution in [3.8, 4) is 0 Å². The standard InChI is InChI=1S/C12H27NO/c1-6-8-9-11(3)13-10-12(4,5)14-7-2/h11,13H,6-10H2,1-5H3. The SMILES string of the molecule is CCCCC(C)NCC(C)(C)OCC. The molecule has 0 fully saturated rings. The molecule has 2 heteroatoms. The van der Waals surface area contributed by atoms with Crippen molar-refractivity contribution in [3.63, 3.8) is 0 Å². The molecule has 0 aliphatic carbocycles. The molecule has 0 rings (SSSR count). The third-order valence-electron chi connectivity index (χ3n) is 2.40. The molecule has 0 aliphatic rings. The van der Waals surface area contributed by atoms with Crippen LogP contribution in [0.3, 0.4) is 0 Å².